The average Bonchev–Trinajstić information content (AvgIpc) is 3.35. The summed E-state index contributed by atoms with van der Waals surface area (Å²) in [5.41, 5.74) is 3.03. The number of carbonyl (C=O) groups is 2. The highest BCUT2D eigenvalue weighted by Crippen LogP contribution is 2.40. The molecule has 0 aliphatic carbocycles. The van der Waals surface area contributed by atoms with E-state index in [2.05, 4.69) is 32.4 Å². The predicted molar refractivity (Wildman–Crippen MR) is 162 cm³/mol. The molecule has 1 saturated heterocycles. The largest absolute Gasteiger partial charge is 0.492 e. The number of halogens is 1. The Bertz CT molecular complexity index is 1620. The lowest BCUT2D eigenvalue weighted by molar-refractivity contribution is -0.137. The lowest BCUT2D eigenvalue weighted by atomic mass is 9.98. The molecule has 3 aromatic rings. The number of ether oxygens (including phenoxy) is 2. The van der Waals surface area contributed by atoms with Gasteiger partial charge in [0, 0.05) is 55.8 Å². The van der Waals surface area contributed by atoms with Gasteiger partial charge in [0.05, 0.1) is 48.5 Å². The first-order valence-corrected chi connectivity index (χ1v) is 14.0. The van der Waals surface area contributed by atoms with E-state index >= 15 is 0 Å². The molecule has 3 N–H and O–H groups in total. The quantitative estimate of drug-likeness (QED) is 0.288. The Morgan fingerprint density at radius 2 is 2.19 bits per heavy atom. The fourth-order valence-corrected chi connectivity index (χ4v) is 5.23. The number of H-pyrrole nitrogens is 1. The molecule has 5 rings (SSSR count). The van der Waals surface area contributed by atoms with E-state index in [1.807, 2.05) is 32.0 Å². The van der Waals surface area contributed by atoms with Gasteiger partial charge in [0.25, 0.3) is 5.91 Å². The summed E-state index contributed by atoms with van der Waals surface area (Å²) >= 11 is 0. The van der Waals surface area contributed by atoms with Crippen molar-refractivity contribution in [3.05, 3.63) is 71.4 Å². The van der Waals surface area contributed by atoms with Crippen LogP contribution in [0.5, 0.6) is 5.75 Å². The summed E-state index contributed by atoms with van der Waals surface area (Å²) in [4.78, 5) is 37.6. The van der Waals surface area contributed by atoms with Crippen LogP contribution in [0.2, 0.25) is 0 Å². The van der Waals surface area contributed by atoms with Gasteiger partial charge in [0.15, 0.2) is 11.6 Å². The van der Waals surface area contributed by atoms with Crippen molar-refractivity contribution in [3.63, 3.8) is 0 Å². The average molecular weight is 587 g/mol. The number of para-hydroxylation sites is 1. The highest BCUT2D eigenvalue weighted by molar-refractivity contribution is 6.06. The Hall–Kier alpha value is -4.66. The summed E-state index contributed by atoms with van der Waals surface area (Å²) in [7, 11) is 5.27. The zero-order valence-corrected chi connectivity index (χ0v) is 24.7. The van der Waals surface area contributed by atoms with Crippen molar-refractivity contribution in [3.8, 4) is 28.8 Å². The highest BCUT2D eigenvalue weighted by atomic mass is 19.1. The first-order valence-electron chi connectivity index (χ1n) is 14.0. The van der Waals surface area contributed by atoms with E-state index < -0.39 is 11.4 Å². The molecule has 0 radical (unpaired) electrons. The Kier molecular flexibility index (Phi) is 8.80. The number of anilines is 2. The molecule has 4 heterocycles. The van der Waals surface area contributed by atoms with Gasteiger partial charge in [-0.2, -0.15) is 0 Å². The summed E-state index contributed by atoms with van der Waals surface area (Å²) in [6, 6.07) is 6.36. The van der Waals surface area contributed by atoms with Crippen molar-refractivity contribution in [1.82, 2.24) is 25.1 Å². The number of benzene rings is 1. The van der Waals surface area contributed by atoms with Crippen molar-refractivity contribution in [2.24, 2.45) is 0 Å². The Morgan fingerprint density at radius 3 is 2.98 bits per heavy atom. The molecule has 0 bridgehead atoms. The van der Waals surface area contributed by atoms with Crippen LogP contribution in [0, 0.1) is 17.7 Å². The molecule has 224 valence electrons. The van der Waals surface area contributed by atoms with E-state index in [4.69, 9.17) is 9.47 Å². The summed E-state index contributed by atoms with van der Waals surface area (Å²) in [5, 5.41) is 6.14. The third-order valence-corrected chi connectivity index (χ3v) is 7.39. The summed E-state index contributed by atoms with van der Waals surface area (Å²) < 4.78 is 25.6. The minimum absolute atomic E-state index is 0.0315. The first-order chi connectivity index (χ1) is 20.7. The highest BCUT2D eigenvalue weighted by Gasteiger charge is 2.36. The molecule has 2 amide bonds. The van der Waals surface area contributed by atoms with Gasteiger partial charge in [-0.05, 0) is 39.2 Å². The predicted octanol–water partition coefficient (Wildman–Crippen LogP) is 3.34. The minimum atomic E-state index is -0.879. The second kappa shape index (κ2) is 12.7. The number of aromatic nitrogens is 2. The molecule has 1 fully saturated rings. The van der Waals surface area contributed by atoms with Crippen molar-refractivity contribution in [2.75, 3.05) is 59.4 Å². The number of pyridine rings is 1. The number of hydrogen-bond acceptors (Lipinski definition) is 7. The van der Waals surface area contributed by atoms with Crippen LogP contribution in [0.1, 0.15) is 28.5 Å². The van der Waals surface area contributed by atoms with Gasteiger partial charge in [-0.3, -0.25) is 14.6 Å². The molecule has 1 aromatic carbocycles. The zero-order chi connectivity index (χ0) is 30.6. The molecule has 2 aromatic heterocycles. The zero-order valence-electron chi connectivity index (χ0n) is 24.7. The topological polar surface area (TPSA) is 112 Å². The first kappa shape index (κ1) is 29.8. The molecule has 11 heteroatoms. The number of aromatic amines is 1. The van der Waals surface area contributed by atoms with Gasteiger partial charge in [0.2, 0.25) is 5.91 Å². The van der Waals surface area contributed by atoms with Crippen LogP contribution < -0.4 is 15.4 Å². The van der Waals surface area contributed by atoms with Crippen molar-refractivity contribution < 1.29 is 23.5 Å². The third kappa shape index (κ3) is 6.26. The number of hydrogen-bond donors (Lipinski definition) is 3. The third-order valence-electron chi connectivity index (χ3n) is 7.39. The van der Waals surface area contributed by atoms with Gasteiger partial charge < -0.3 is 34.9 Å². The van der Waals surface area contributed by atoms with Crippen molar-refractivity contribution >= 4 is 23.2 Å². The molecule has 2 aliphatic heterocycles. The maximum atomic E-state index is 14.6. The Balaban J connectivity index is 1.56. The van der Waals surface area contributed by atoms with Crippen LogP contribution in [0.4, 0.5) is 15.8 Å². The van der Waals surface area contributed by atoms with E-state index in [-0.39, 0.29) is 24.2 Å². The van der Waals surface area contributed by atoms with Gasteiger partial charge in [0.1, 0.15) is 5.54 Å². The fourth-order valence-electron chi connectivity index (χ4n) is 5.23. The van der Waals surface area contributed by atoms with Crippen LogP contribution in [0.3, 0.4) is 0 Å². The summed E-state index contributed by atoms with van der Waals surface area (Å²) in [6.07, 6.45) is 7.29. The van der Waals surface area contributed by atoms with E-state index in [0.717, 1.165) is 5.69 Å². The molecule has 43 heavy (non-hydrogen) atoms. The number of carbonyl (C=O) groups excluding carboxylic acids is 2. The SMILES string of the molecule is COc1c(F)cccc1Nc1c(-c2ccncc2C#C[C@@]2(C)COCCN2C(=O)/C=C/CN(C)C)[nH]c2c1C(=O)NCC2. The standard InChI is InChI=1S/C32H35FN6O4/c1-32(20-43-18-17-39(32)26(40)9-6-16-38(2)3)13-10-21-19-34-14-11-22(21)28-29(27-24(36-28)12-15-35-31(27)41)37-25-8-5-7-23(33)30(25)42-4/h5-9,11,14,19,36-37H,12,15-18,20H2,1-4H3,(H,35,41)/b9-6+/t32-/m0/s1. The number of nitrogens with zero attached hydrogens (tertiary/aromatic N) is 3. The van der Waals surface area contributed by atoms with Crippen LogP contribution in [-0.4, -0.2) is 91.2 Å². The fraction of sp³-hybridized carbons (Fsp3) is 0.344. The van der Waals surface area contributed by atoms with Crippen molar-refractivity contribution in [2.45, 2.75) is 18.9 Å². The number of nitrogens with one attached hydrogen (secondary N) is 3. The minimum Gasteiger partial charge on any atom is -0.492 e. The molecule has 0 spiro atoms. The monoisotopic (exact) mass is 586 g/mol. The summed E-state index contributed by atoms with van der Waals surface area (Å²) in [6.45, 7) is 4.12. The number of morpholine rings is 1. The number of rotatable bonds is 7. The van der Waals surface area contributed by atoms with Gasteiger partial charge in [-0.15, -0.1) is 0 Å². The van der Waals surface area contributed by atoms with Crippen LogP contribution >= 0.6 is 0 Å². The smallest absolute Gasteiger partial charge is 0.255 e. The number of amides is 2. The molecule has 0 saturated carbocycles. The lowest BCUT2D eigenvalue weighted by Crippen LogP contribution is -2.56. The van der Waals surface area contributed by atoms with Gasteiger partial charge in [-0.25, -0.2) is 4.39 Å². The molecule has 0 unspecified atom stereocenters. The van der Waals surface area contributed by atoms with Crippen LogP contribution in [-0.2, 0) is 16.0 Å². The maximum absolute atomic E-state index is 14.6. The number of likely N-dealkylation sites (N-methyl/N-ethyl adjacent to an activating group) is 1. The number of methoxy groups -OCH3 is 1. The van der Waals surface area contributed by atoms with E-state index in [0.29, 0.717) is 66.4 Å². The van der Waals surface area contributed by atoms with E-state index in [1.165, 1.54) is 13.2 Å². The van der Waals surface area contributed by atoms with Crippen molar-refractivity contribution in [1.29, 1.82) is 0 Å². The Morgan fingerprint density at radius 1 is 1.35 bits per heavy atom. The summed E-state index contributed by atoms with van der Waals surface area (Å²) in [5.74, 6) is 5.65. The molecular weight excluding hydrogens is 551 g/mol. The van der Waals surface area contributed by atoms with Gasteiger partial charge in [-0.1, -0.05) is 24.0 Å². The van der Waals surface area contributed by atoms with Gasteiger partial charge >= 0.3 is 0 Å². The molecule has 1 atom stereocenters. The van der Waals surface area contributed by atoms with E-state index in [1.54, 1.807) is 41.6 Å². The molecular formula is C32H35FN6O4. The van der Waals surface area contributed by atoms with Crippen LogP contribution in [0.25, 0.3) is 11.3 Å². The Labute approximate surface area is 250 Å². The van der Waals surface area contributed by atoms with E-state index in [9.17, 15) is 14.0 Å². The second-order valence-corrected chi connectivity index (χ2v) is 10.8. The number of fused-ring (bicyclic) bond motifs is 1. The normalized spacial score (nSPS) is 18.2. The second-order valence-electron chi connectivity index (χ2n) is 10.8. The molecule has 2 aliphatic rings. The van der Waals surface area contributed by atoms with Crippen LogP contribution in [0.15, 0.2) is 48.8 Å². The lowest BCUT2D eigenvalue weighted by Gasteiger charge is -2.40. The maximum Gasteiger partial charge on any atom is 0.255 e. The molecule has 10 nitrogen and oxygen atoms in total.